The molecule has 0 spiro atoms. The zero-order valence-electron chi connectivity index (χ0n) is 11.5. The van der Waals surface area contributed by atoms with E-state index in [-0.39, 0.29) is 0 Å². The third-order valence-electron chi connectivity index (χ3n) is 2.58. The van der Waals surface area contributed by atoms with Crippen molar-refractivity contribution < 1.29 is 4.74 Å². The quantitative estimate of drug-likeness (QED) is 0.536. The third kappa shape index (κ3) is 6.42. The first-order valence-corrected chi connectivity index (χ1v) is 6.40. The van der Waals surface area contributed by atoms with Gasteiger partial charge in [-0.25, -0.2) is 0 Å². The fraction of sp³-hybridized carbons (Fsp3) is 0.467. The smallest absolute Gasteiger partial charge is 0.119 e. The monoisotopic (exact) mass is 248 g/mol. The molecular weight excluding hydrogens is 224 g/mol. The minimum Gasteiger partial charge on any atom is -0.490 e. The summed E-state index contributed by atoms with van der Waals surface area (Å²) in [5.74, 6) is 0.895. The second-order valence-electron chi connectivity index (χ2n) is 4.58. The average molecular weight is 248 g/mol. The fourth-order valence-corrected chi connectivity index (χ4v) is 1.61. The van der Waals surface area contributed by atoms with E-state index in [1.54, 1.807) is 6.08 Å². The first-order valence-electron chi connectivity index (χ1n) is 6.40. The number of nitrogens with one attached hydrogen (secondary N) is 1. The molecule has 0 aromatic heterocycles. The summed E-state index contributed by atoms with van der Waals surface area (Å²) in [5, 5.41) is 3.44. The van der Waals surface area contributed by atoms with Crippen molar-refractivity contribution in [1.82, 2.24) is 10.2 Å². The SMILES string of the molecule is C=CCOc1ccc(CNCCCN(C)C)cc1. The van der Waals surface area contributed by atoms with Gasteiger partial charge in [0.2, 0.25) is 0 Å². The van der Waals surface area contributed by atoms with E-state index >= 15 is 0 Å². The largest absolute Gasteiger partial charge is 0.490 e. The lowest BCUT2D eigenvalue weighted by Crippen LogP contribution is -2.20. The highest BCUT2D eigenvalue weighted by Crippen LogP contribution is 2.11. The lowest BCUT2D eigenvalue weighted by Gasteiger charge is -2.10. The average Bonchev–Trinajstić information content (AvgIpc) is 2.37. The summed E-state index contributed by atoms with van der Waals surface area (Å²) in [7, 11) is 4.20. The first kappa shape index (κ1) is 14.7. The van der Waals surface area contributed by atoms with Crippen LogP contribution in [0.1, 0.15) is 12.0 Å². The third-order valence-corrected chi connectivity index (χ3v) is 2.58. The van der Waals surface area contributed by atoms with Crippen LogP contribution < -0.4 is 10.1 Å². The highest BCUT2D eigenvalue weighted by Gasteiger charge is 1.95. The molecule has 0 saturated carbocycles. The topological polar surface area (TPSA) is 24.5 Å². The number of ether oxygens (including phenoxy) is 1. The van der Waals surface area contributed by atoms with Crippen molar-refractivity contribution in [3.63, 3.8) is 0 Å². The Bertz CT molecular complexity index is 333. The standard InChI is InChI=1S/C15H24N2O/c1-4-12-18-15-8-6-14(7-9-15)13-16-10-5-11-17(2)3/h4,6-9,16H,1,5,10-13H2,2-3H3. The number of hydrogen-bond donors (Lipinski definition) is 1. The predicted octanol–water partition coefficient (Wildman–Crippen LogP) is 2.29. The first-order chi connectivity index (χ1) is 8.72. The van der Waals surface area contributed by atoms with Gasteiger partial charge in [0.05, 0.1) is 0 Å². The molecule has 3 heteroatoms. The van der Waals surface area contributed by atoms with Crippen molar-refractivity contribution in [3.8, 4) is 5.75 Å². The molecule has 1 aromatic rings. The Balaban J connectivity index is 2.20. The molecule has 0 heterocycles. The molecule has 3 nitrogen and oxygen atoms in total. The van der Waals surface area contributed by atoms with Crippen molar-refractivity contribution in [3.05, 3.63) is 42.5 Å². The second kappa shape index (κ2) is 8.72. The van der Waals surface area contributed by atoms with Gasteiger partial charge < -0.3 is 15.0 Å². The van der Waals surface area contributed by atoms with Gasteiger partial charge in [-0.15, -0.1) is 0 Å². The van der Waals surface area contributed by atoms with Gasteiger partial charge in [-0.2, -0.15) is 0 Å². The molecule has 1 aromatic carbocycles. The molecule has 0 aliphatic heterocycles. The minimum absolute atomic E-state index is 0.558. The summed E-state index contributed by atoms with van der Waals surface area (Å²) in [6, 6.07) is 8.19. The van der Waals surface area contributed by atoms with Crippen LogP contribution >= 0.6 is 0 Å². The van der Waals surface area contributed by atoms with E-state index in [9.17, 15) is 0 Å². The molecule has 0 saturated heterocycles. The summed E-state index contributed by atoms with van der Waals surface area (Å²) in [6.07, 6.45) is 2.92. The maximum absolute atomic E-state index is 5.44. The molecule has 18 heavy (non-hydrogen) atoms. The fourth-order valence-electron chi connectivity index (χ4n) is 1.61. The molecule has 100 valence electrons. The van der Waals surface area contributed by atoms with Crippen molar-refractivity contribution in [2.45, 2.75) is 13.0 Å². The van der Waals surface area contributed by atoms with E-state index in [0.29, 0.717) is 6.61 Å². The van der Waals surface area contributed by atoms with Crippen LogP contribution in [0.2, 0.25) is 0 Å². The highest BCUT2D eigenvalue weighted by molar-refractivity contribution is 5.27. The van der Waals surface area contributed by atoms with Gasteiger partial charge in [0.25, 0.3) is 0 Å². The van der Waals surface area contributed by atoms with Crippen LogP contribution in [-0.2, 0) is 6.54 Å². The molecule has 0 atom stereocenters. The van der Waals surface area contributed by atoms with Gasteiger partial charge >= 0.3 is 0 Å². The van der Waals surface area contributed by atoms with Gasteiger partial charge in [0, 0.05) is 6.54 Å². The van der Waals surface area contributed by atoms with Crippen LogP contribution in [0.15, 0.2) is 36.9 Å². The van der Waals surface area contributed by atoms with Crippen molar-refractivity contribution >= 4 is 0 Å². The maximum atomic E-state index is 5.44. The van der Waals surface area contributed by atoms with Gasteiger partial charge in [-0.1, -0.05) is 24.8 Å². The summed E-state index contributed by atoms with van der Waals surface area (Å²) >= 11 is 0. The number of hydrogen-bond acceptors (Lipinski definition) is 3. The predicted molar refractivity (Wildman–Crippen MR) is 77.0 cm³/mol. The Hall–Kier alpha value is -1.32. The molecule has 1 N–H and O–H groups in total. The van der Waals surface area contributed by atoms with Gasteiger partial charge in [-0.05, 0) is 51.3 Å². The van der Waals surface area contributed by atoms with E-state index in [0.717, 1.165) is 25.4 Å². The van der Waals surface area contributed by atoms with Crippen molar-refractivity contribution in [2.24, 2.45) is 0 Å². The van der Waals surface area contributed by atoms with Crippen LogP contribution in [0.25, 0.3) is 0 Å². The molecule has 0 amide bonds. The van der Waals surface area contributed by atoms with Crippen molar-refractivity contribution in [2.75, 3.05) is 33.8 Å². The molecule has 0 unspecified atom stereocenters. The summed E-state index contributed by atoms with van der Waals surface area (Å²) in [6.45, 7) is 7.27. The van der Waals surface area contributed by atoms with E-state index in [4.69, 9.17) is 4.74 Å². The summed E-state index contributed by atoms with van der Waals surface area (Å²) < 4.78 is 5.44. The lowest BCUT2D eigenvalue weighted by atomic mass is 10.2. The van der Waals surface area contributed by atoms with Crippen LogP contribution in [0.3, 0.4) is 0 Å². The Morgan fingerprint density at radius 2 is 2.00 bits per heavy atom. The van der Waals surface area contributed by atoms with Gasteiger partial charge in [0.15, 0.2) is 0 Å². The second-order valence-corrected chi connectivity index (χ2v) is 4.58. The van der Waals surface area contributed by atoms with Crippen molar-refractivity contribution in [1.29, 1.82) is 0 Å². The highest BCUT2D eigenvalue weighted by atomic mass is 16.5. The van der Waals surface area contributed by atoms with E-state index in [1.807, 2.05) is 12.1 Å². The van der Waals surface area contributed by atoms with Gasteiger partial charge in [-0.3, -0.25) is 0 Å². The Morgan fingerprint density at radius 1 is 1.28 bits per heavy atom. The Labute approximate surface area is 110 Å². The number of benzene rings is 1. The molecule has 0 aliphatic rings. The van der Waals surface area contributed by atoms with Crippen LogP contribution in [0.4, 0.5) is 0 Å². The van der Waals surface area contributed by atoms with E-state index < -0.39 is 0 Å². The minimum atomic E-state index is 0.558. The normalized spacial score (nSPS) is 10.6. The zero-order valence-corrected chi connectivity index (χ0v) is 11.5. The molecule has 0 bridgehead atoms. The lowest BCUT2D eigenvalue weighted by molar-refractivity contribution is 0.363. The Kier molecular flexibility index (Phi) is 7.14. The number of nitrogens with zero attached hydrogens (tertiary/aromatic N) is 1. The molecule has 0 radical (unpaired) electrons. The molecule has 0 aliphatic carbocycles. The molecular formula is C15H24N2O. The van der Waals surface area contributed by atoms with Crippen LogP contribution in [0.5, 0.6) is 5.75 Å². The summed E-state index contributed by atoms with van der Waals surface area (Å²) in [4.78, 5) is 2.20. The van der Waals surface area contributed by atoms with Gasteiger partial charge in [0.1, 0.15) is 12.4 Å². The number of rotatable bonds is 9. The maximum Gasteiger partial charge on any atom is 0.119 e. The zero-order chi connectivity index (χ0) is 13.2. The van der Waals surface area contributed by atoms with E-state index in [2.05, 4.69) is 43.0 Å². The molecule has 1 rings (SSSR count). The van der Waals surface area contributed by atoms with E-state index in [1.165, 1.54) is 12.0 Å². The summed E-state index contributed by atoms with van der Waals surface area (Å²) in [5.41, 5.74) is 1.28. The molecule has 0 fully saturated rings. The van der Waals surface area contributed by atoms with Crippen LogP contribution in [-0.4, -0.2) is 38.7 Å². The van der Waals surface area contributed by atoms with Crippen LogP contribution in [0, 0.1) is 0 Å². The Morgan fingerprint density at radius 3 is 2.61 bits per heavy atom.